The van der Waals surface area contributed by atoms with Gasteiger partial charge in [-0.3, -0.25) is 4.57 Å². The maximum atomic E-state index is 5.83. The Labute approximate surface area is 186 Å². The van der Waals surface area contributed by atoms with E-state index in [2.05, 4.69) is 26.9 Å². The lowest BCUT2D eigenvalue weighted by molar-refractivity contribution is 0.318. The monoisotopic (exact) mass is 435 g/mol. The third-order valence-corrected chi connectivity index (χ3v) is 5.90. The Bertz CT molecular complexity index is 1090. The van der Waals surface area contributed by atoms with Crippen molar-refractivity contribution < 1.29 is 13.9 Å². The molecule has 0 aliphatic heterocycles. The van der Waals surface area contributed by atoms with Gasteiger partial charge in [0.15, 0.2) is 11.0 Å². The molecule has 0 N–H and O–H groups in total. The van der Waals surface area contributed by atoms with Crippen LogP contribution >= 0.6 is 11.8 Å². The highest BCUT2D eigenvalue weighted by Gasteiger charge is 2.17. The van der Waals surface area contributed by atoms with Crippen LogP contribution in [0, 0.1) is 6.92 Å². The first-order chi connectivity index (χ1) is 15.2. The topological polar surface area (TPSA) is 62.3 Å². The molecule has 31 heavy (non-hydrogen) atoms. The summed E-state index contributed by atoms with van der Waals surface area (Å²) in [5.41, 5.74) is 2.17. The largest absolute Gasteiger partial charge is 0.497 e. The van der Waals surface area contributed by atoms with Crippen molar-refractivity contribution in [3.8, 4) is 22.9 Å². The van der Waals surface area contributed by atoms with Crippen molar-refractivity contribution >= 4 is 11.8 Å². The summed E-state index contributed by atoms with van der Waals surface area (Å²) >= 11 is 1.69. The molecule has 2 aromatic heterocycles. The lowest BCUT2D eigenvalue weighted by Crippen LogP contribution is -2.05. The molecule has 0 spiro atoms. The second kappa shape index (κ2) is 10.2. The summed E-state index contributed by atoms with van der Waals surface area (Å²) in [5.74, 6) is 4.21. The Balaban J connectivity index is 1.40. The van der Waals surface area contributed by atoms with E-state index in [1.54, 1.807) is 25.1 Å². The molecule has 0 unspecified atom stereocenters. The summed E-state index contributed by atoms with van der Waals surface area (Å²) in [6.07, 6.45) is 2.59. The molecule has 0 aliphatic carbocycles. The van der Waals surface area contributed by atoms with E-state index in [9.17, 15) is 0 Å². The van der Waals surface area contributed by atoms with Crippen molar-refractivity contribution in [2.24, 2.45) is 0 Å². The van der Waals surface area contributed by atoms with E-state index in [4.69, 9.17) is 13.9 Å². The van der Waals surface area contributed by atoms with Crippen LogP contribution in [-0.2, 0) is 6.54 Å². The van der Waals surface area contributed by atoms with Crippen molar-refractivity contribution in [2.45, 2.75) is 25.0 Å². The molecule has 2 heterocycles. The molecule has 160 valence electrons. The van der Waals surface area contributed by atoms with Gasteiger partial charge in [0, 0.05) is 5.75 Å². The molecule has 4 aromatic rings. The minimum Gasteiger partial charge on any atom is -0.497 e. The highest BCUT2D eigenvalue weighted by Crippen LogP contribution is 2.28. The number of hydrogen-bond donors (Lipinski definition) is 0. The van der Waals surface area contributed by atoms with Gasteiger partial charge in [-0.15, -0.1) is 10.2 Å². The van der Waals surface area contributed by atoms with Crippen LogP contribution in [-0.4, -0.2) is 34.2 Å². The Kier molecular flexibility index (Phi) is 6.94. The van der Waals surface area contributed by atoms with Crippen LogP contribution in [0.25, 0.3) is 11.4 Å². The highest BCUT2D eigenvalue weighted by molar-refractivity contribution is 7.99. The van der Waals surface area contributed by atoms with E-state index in [1.165, 1.54) is 5.56 Å². The fourth-order valence-corrected chi connectivity index (χ4v) is 4.05. The van der Waals surface area contributed by atoms with Crippen LogP contribution in [0.3, 0.4) is 0 Å². The van der Waals surface area contributed by atoms with Gasteiger partial charge in [0.2, 0.25) is 0 Å². The number of ether oxygens (including phenoxy) is 2. The van der Waals surface area contributed by atoms with Crippen molar-refractivity contribution in [1.29, 1.82) is 0 Å². The van der Waals surface area contributed by atoms with Gasteiger partial charge in [-0.2, -0.15) is 0 Å². The molecule has 0 atom stereocenters. The zero-order chi connectivity index (χ0) is 21.5. The second-order valence-corrected chi connectivity index (χ2v) is 8.06. The van der Waals surface area contributed by atoms with E-state index in [1.807, 2.05) is 55.5 Å². The number of hydrogen-bond acceptors (Lipinski definition) is 6. The number of furan rings is 1. The zero-order valence-corrected chi connectivity index (χ0v) is 18.5. The molecule has 0 radical (unpaired) electrons. The van der Waals surface area contributed by atoms with Gasteiger partial charge < -0.3 is 13.9 Å². The van der Waals surface area contributed by atoms with Gasteiger partial charge in [-0.1, -0.05) is 42.1 Å². The van der Waals surface area contributed by atoms with Crippen LogP contribution in [0.2, 0.25) is 0 Å². The van der Waals surface area contributed by atoms with Crippen molar-refractivity contribution in [1.82, 2.24) is 14.8 Å². The van der Waals surface area contributed by atoms with Crippen LogP contribution in [0.15, 0.2) is 76.5 Å². The maximum Gasteiger partial charge on any atom is 0.191 e. The summed E-state index contributed by atoms with van der Waals surface area (Å²) in [7, 11) is 1.66. The molecule has 0 saturated heterocycles. The van der Waals surface area contributed by atoms with Gasteiger partial charge in [0.05, 0.1) is 32.1 Å². The molecule has 4 rings (SSSR count). The van der Waals surface area contributed by atoms with E-state index in [0.717, 1.165) is 46.0 Å². The molecule has 0 amide bonds. The van der Waals surface area contributed by atoms with Crippen LogP contribution in [0.1, 0.15) is 17.7 Å². The number of thioether (sulfide) groups is 1. The second-order valence-electron chi connectivity index (χ2n) is 6.99. The average molecular weight is 436 g/mol. The first kappa shape index (κ1) is 21.1. The first-order valence-corrected chi connectivity index (χ1v) is 11.1. The predicted octanol–water partition coefficient (Wildman–Crippen LogP) is 5.46. The standard InChI is InChI=1S/C24H25N3O3S/c1-18-22(13-15-29-18)23-25-26-24(27(23)17-19-7-4-3-5-8-19)31-16-6-14-30-21-11-9-20(28-2)10-12-21/h3-5,7-13,15H,6,14,16-17H2,1-2H3. The molecule has 0 saturated carbocycles. The van der Waals surface area contributed by atoms with E-state index in [0.29, 0.717) is 13.2 Å². The summed E-state index contributed by atoms with van der Waals surface area (Å²) in [6, 6.07) is 19.9. The Morgan fingerprint density at radius 2 is 1.74 bits per heavy atom. The zero-order valence-electron chi connectivity index (χ0n) is 17.7. The first-order valence-electron chi connectivity index (χ1n) is 10.2. The molecule has 0 bridgehead atoms. The quantitative estimate of drug-likeness (QED) is 0.243. The minimum absolute atomic E-state index is 0.639. The fourth-order valence-electron chi connectivity index (χ4n) is 3.20. The smallest absolute Gasteiger partial charge is 0.191 e. The predicted molar refractivity (Wildman–Crippen MR) is 122 cm³/mol. The summed E-state index contributed by atoms with van der Waals surface area (Å²) in [6.45, 7) is 3.29. The molecule has 0 aliphatic rings. The third-order valence-electron chi connectivity index (χ3n) is 4.85. The molecule has 0 fully saturated rings. The molecule has 2 aromatic carbocycles. The van der Waals surface area contributed by atoms with Gasteiger partial charge in [-0.25, -0.2) is 0 Å². The Morgan fingerprint density at radius 1 is 0.968 bits per heavy atom. The molecular formula is C24H25N3O3S. The molecule has 6 nitrogen and oxygen atoms in total. The van der Waals surface area contributed by atoms with Crippen molar-refractivity contribution in [3.63, 3.8) is 0 Å². The van der Waals surface area contributed by atoms with Crippen molar-refractivity contribution in [2.75, 3.05) is 19.5 Å². The van der Waals surface area contributed by atoms with E-state index < -0.39 is 0 Å². The summed E-state index contributed by atoms with van der Waals surface area (Å²) in [5, 5.41) is 9.82. The number of benzene rings is 2. The van der Waals surface area contributed by atoms with Crippen molar-refractivity contribution in [3.05, 3.63) is 78.3 Å². The lowest BCUT2D eigenvalue weighted by Gasteiger charge is -2.10. The van der Waals surface area contributed by atoms with Crippen LogP contribution in [0.5, 0.6) is 11.5 Å². The summed E-state index contributed by atoms with van der Waals surface area (Å²) in [4.78, 5) is 0. The lowest BCUT2D eigenvalue weighted by atomic mass is 10.2. The number of rotatable bonds is 10. The highest BCUT2D eigenvalue weighted by atomic mass is 32.2. The van der Waals surface area contributed by atoms with Gasteiger partial charge in [-0.05, 0) is 49.2 Å². The van der Waals surface area contributed by atoms with Gasteiger partial charge in [0.1, 0.15) is 17.3 Å². The minimum atomic E-state index is 0.639. The summed E-state index contributed by atoms with van der Waals surface area (Å²) < 4.78 is 18.6. The normalized spacial score (nSPS) is 10.9. The average Bonchev–Trinajstić information content (AvgIpc) is 3.40. The fraction of sp³-hybridized carbons (Fsp3) is 0.250. The Morgan fingerprint density at radius 3 is 2.45 bits per heavy atom. The van der Waals surface area contributed by atoms with Gasteiger partial charge >= 0.3 is 0 Å². The third kappa shape index (κ3) is 5.30. The number of methoxy groups -OCH3 is 1. The SMILES string of the molecule is COc1ccc(OCCCSc2nnc(-c3ccoc3C)n2Cc2ccccc2)cc1. The number of nitrogens with zero attached hydrogens (tertiary/aromatic N) is 3. The number of aryl methyl sites for hydroxylation is 1. The number of aromatic nitrogens is 3. The van der Waals surface area contributed by atoms with Crippen LogP contribution in [0.4, 0.5) is 0 Å². The molecular weight excluding hydrogens is 410 g/mol. The molecule has 7 heteroatoms. The maximum absolute atomic E-state index is 5.83. The Hall–Kier alpha value is -3.19. The van der Waals surface area contributed by atoms with E-state index in [-0.39, 0.29) is 0 Å². The van der Waals surface area contributed by atoms with Crippen LogP contribution < -0.4 is 9.47 Å². The van der Waals surface area contributed by atoms with Gasteiger partial charge in [0.25, 0.3) is 0 Å². The van der Waals surface area contributed by atoms with E-state index >= 15 is 0 Å².